The fourth-order valence-corrected chi connectivity index (χ4v) is 2.84. The van der Waals surface area contributed by atoms with Crippen LogP contribution in [0.4, 0.5) is 4.39 Å². The fraction of sp³-hybridized carbons (Fsp3) is 0.294. The van der Waals surface area contributed by atoms with Gasteiger partial charge in [0.25, 0.3) is 0 Å². The molecule has 0 spiro atoms. The van der Waals surface area contributed by atoms with Gasteiger partial charge in [-0.15, -0.1) is 11.8 Å². The van der Waals surface area contributed by atoms with Crippen LogP contribution in [0.15, 0.2) is 47.4 Å². The molecule has 1 N–H and O–H groups in total. The Balaban J connectivity index is 1.95. The molecule has 4 heteroatoms. The van der Waals surface area contributed by atoms with Crippen molar-refractivity contribution in [3.8, 4) is 0 Å². The van der Waals surface area contributed by atoms with Gasteiger partial charge in [-0.1, -0.05) is 43.6 Å². The molecule has 112 valence electrons. The summed E-state index contributed by atoms with van der Waals surface area (Å²) < 4.78 is 14.1. The van der Waals surface area contributed by atoms with Crippen LogP contribution in [0, 0.1) is 5.82 Å². The van der Waals surface area contributed by atoms with Gasteiger partial charge in [-0.05, 0) is 35.4 Å². The summed E-state index contributed by atoms with van der Waals surface area (Å²) in [6.45, 7) is 4.84. The molecule has 0 aliphatic rings. The lowest BCUT2D eigenvalue weighted by atomic mass is 10.2. The van der Waals surface area contributed by atoms with E-state index in [1.807, 2.05) is 36.4 Å². The number of nitrogens with one attached hydrogen (secondary N) is 1. The molecular formula is C17H19ClFNS. The van der Waals surface area contributed by atoms with E-state index < -0.39 is 0 Å². The molecular weight excluding hydrogens is 305 g/mol. The SMILES string of the molecule is CC(C)NCc1ccc(SCc2ccc(Cl)cc2)c(F)c1. The third-order valence-electron chi connectivity index (χ3n) is 3.02. The number of rotatable bonds is 6. The van der Waals surface area contributed by atoms with Crippen molar-refractivity contribution in [2.45, 2.75) is 37.1 Å². The van der Waals surface area contributed by atoms with Crippen LogP contribution < -0.4 is 5.32 Å². The molecule has 0 heterocycles. The number of hydrogen-bond acceptors (Lipinski definition) is 2. The molecule has 1 nitrogen and oxygen atoms in total. The highest BCUT2D eigenvalue weighted by molar-refractivity contribution is 7.98. The van der Waals surface area contributed by atoms with Crippen molar-refractivity contribution in [2.75, 3.05) is 0 Å². The Morgan fingerprint density at radius 2 is 1.76 bits per heavy atom. The Morgan fingerprint density at radius 3 is 2.38 bits per heavy atom. The molecule has 0 radical (unpaired) electrons. The molecule has 0 atom stereocenters. The monoisotopic (exact) mass is 323 g/mol. The van der Waals surface area contributed by atoms with E-state index in [1.54, 1.807) is 6.07 Å². The van der Waals surface area contributed by atoms with Crippen molar-refractivity contribution in [1.82, 2.24) is 5.32 Å². The second kappa shape index (κ2) is 7.83. The van der Waals surface area contributed by atoms with E-state index in [9.17, 15) is 4.39 Å². The van der Waals surface area contributed by atoms with Crippen LogP contribution >= 0.6 is 23.4 Å². The molecule has 0 aliphatic carbocycles. The molecule has 2 aromatic rings. The highest BCUT2D eigenvalue weighted by Crippen LogP contribution is 2.26. The number of benzene rings is 2. The molecule has 2 rings (SSSR count). The first-order valence-electron chi connectivity index (χ1n) is 6.93. The van der Waals surface area contributed by atoms with E-state index in [0.29, 0.717) is 17.5 Å². The third kappa shape index (κ3) is 5.34. The molecule has 0 amide bonds. The minimum atomic E-state index is -0.156. The summed E-state index contributed by atoms with van der Waals surface area (Å²) in [5.41, 5.74) is 2.10. The molecule has 21 heavy (non-hydrogen) atoms. The predicted octanol–water partition coefficient (Wildman–Crippen LogP) is 5.27. The Morgan fingerprint density at radius 1 is 1.10 bits per heavy atom. The van der Waals surface area contributed by atoms with Crippen LogP contribution in [-0.2, 0) is 12.3 Å². The Bertz CT molecular complexity index is 584. The zero-order valence-electron chi connectivity index (χ0n) is 12.2. The fourth-order valence-electron chi connectivity index (χ4n) is 1.84. The molecule has 0 aromatic heterocycles. The van der Waals surface area contributed by atoms with E-state index in [0.717, 1.165) is 21.9 Å². The van der Waals surface area contributed by atoms with E-state index >= 15 is 0 Å². The topological polar surface area (TPSA) is 12.0 Å². The van der Waals surface area contributed by atoms with Crippen LogP contribution in [0.2, 0.25) is 5.02 Å². The number of halogens is 2. The maximum Gasteiger partial charge on any atom is 0.137 e. The maximum absolute atomic E-state index is 14.1. The van der Waals surface area contributed by atoms with E-state index in [2.05, 4.69) is 19.2 Å². The Kier molecular flexibility index (Phi) is 6.09. The summed E-state index contributed by atoms with van der Waals surface area (Å²) in [5.74, 6) is 0.578. The van der Waals surface area contributed by atoms with Crippen LogP contribution in [0.3, 0.4) is 0 Å². The summed E-state index contributed by atoms with van der Waals surface area (Å²) in [7, 11) is 0. The van der Waals surface area contributed by atoms with Gasteiger partial charge >= 0.3 is 0 Å². The minimum absolute atomic E-state index is 0.156. The van der Waals surface area contributed by atoms with E-state index in [-0.39, 0.29) is 5.82 Å². The average molecular weight is 324 g/mol. The zero-order chi connectivity index (χ0) is 15.2. The summed E-state index contributed by atoms with van der Waals surface area (Å²) >= 11 is 7.35. The quantitative estimate of drug-likeness (QED) is 0.727. The van der Waals surface area contributed by atoms with Crippen LogP contribution in [0.25, 0.3) is 0 Å². The Hall–Kier alpha value is -1.03. The predicted molar refractivity (Wildman–Crippen MR) is 89.4 cm³/mol. The highest BCUT2D eigenvalue weighted by atomic mass is 35.5. The normalized spacial score (nSPS) is 11.1. The van der Waals surface area contributed by atoms with Crippen molar-refractivity contribution in [3.05, 3.63) is 64.4 Å². The molecule has 0 unspecified atom stereocenters. The molecule has 0 bridgehead atoms. The summed E-state index contributed by atoms with van der Waals surface area (Å²) in [5, 5.41) is 4.00. The van der Waals surface area contributed by atoms with E-state index in [4.69, 9.17) is 11.6 Å². The van der Waals surface area contributed by atoms with Gasteiger partial charge in [0.05, 0.1) is 0 Å². The first-order valence-corrected chi connectivity index (χ1v) is 8.30. The van der Waals surface area contributed by atoms with Gasteiger partial charge in [0.1, 0.15) is 5.82 Å². The third-order valence-corrected chi connectivity index (χ3v) is 4.39. The largest absolute Gasteiger partial charge is 0.310 e. The van der Waals surface area contributed by atoms with Crippen molar-refractivity contribution >= 4 is 23.4 Å². The average Bonchev–Trinajstić information content (AvgIpc) is 2.46. The van der Waals surface area contributed by atoms with Crippen molar-refractivity contribution in [1.29, 1.82) is 0 Å². The second-order valence-corrected chi connectivity index (χ2v) is 6.67. The molecule has 2 aromatic carbocycles. The number of hydrogen-bond donors (Lipinski definition) is 1. The van der Waals surface area contributed by atoms with Crippen molar-refractivity contribution in [2.24, 2.45) is 0 Å². The summed E-state index contributed by atoms with van der Waals surface area (Å²) in [4.78, 5) is 0.679. The van der Waals surface area contributed by atoms with Gasteiger partial charge in [-0.3, -0.25) is 0 Å². The lowest BCUT2D eigenvalue weighted by Crippen LogP contribution is -2.21. The van der Waals surface area contributed by atoms with Crippen LogP contribution in [-0.4, -0.2) is 6.04 Å². The molecule has 0 aliphatic heterocycles. The summed E-state index contributed by atoms with van der Waals surface area (Å²) in [6, 6.07) is 13.5. The first-order chi connectivity index (χ1) is 10.0. The van der Waals surface area contributed by atoms with Crippen LogP contribution in [0.5, 0.6) is 0 Å². The smallest absolute Gasteiger partial charge is 0.137 e. The zero-order valence-corrected chi connectivity index (χ0v) is 13.8. The standard InChI is InChI=1S/C17H19ClFNS/c1-12(2)20-10-14-5-8-17(16(19)9-14)21-11-13-3-6-15(18)7-4-13/h3-9,12,20H,10-11H2,1-2H3. The minimum Gasteiger partial charge on any atom is -0.310 e. The van der Waals surface area contributed by atoms with Crippen molar-refractivity contribution in [3.63, 3.8) is 0 Å². The second-order valence-electron chi connectivity index (χ2n) is 5.22. The van der Waals surface area contributed by atoms with Gasteiger partial charge in [-0.2, -0.15) is 0 Å². The van der Waals surface area contributed by atoms with Gasteiger partial charge in [0.15, 0.2) is 0 Å². The number of thioether (sulfide) groups is 1. The van der Waals surface area contributed by atoms with Crippen molar-refractivity contribution < 1.29 is 4.39 Å². The lowest BCUT2D eigenvalue weighted by Gasteiger charge is -2.09. The first kappa shape index (κ1) is 16.3. The molecule has 0 saturated heterocycles. The summed E-state index contributed by atoms with van der Waals surface area (Å²) in [6.07, 6.45) is 0. The lowest BCUT2D eigenvalue weighted by molar-refractivity contribution is 0.574. The van der Waals surface area contributed by atoms with Gasteiger partial charge in [0.2, 0.25) is 0 Å². The molecule has 0 saturated carbocycles. The Labute approximate surface area is 134 Å². The molecule has 0 fully saturated rings. The van der Waals surface area contributed by atoms with Gasteiger partial charge in [0, 0.05) is 28.3 Å². The van der Waals surface area contributed by atoms with Crippen LogP contribution in [0.1, 0.15) is 25.0 Å². The van der Waals surface area contributed by atoms with Gasteiger partial charge in [-0.25, -0.2) is 4.39 Å². The van der Waals surface area contributed by atoms with Gasteiger partial charge < -0.3 is 5.32 Å². The highest BCUT2D eigenvalue weighted by Gasteiger charge is 2.05. The maximum atomic E-state index is 14.1. The van der Waals surface area contributed by atoms with E-state index in [1.165, 1.54) is 11.8 Å².